The van der Waals surface area contributed by atoms with Crippen LogP contribution < -0.4 is 20.3 Å². The van der Waals surface area contributed by atoms with E-state index in [1.807, 2.05) is 0 Å². The number of anilines is 2. The molecule has 2 N–H and O–H groups in total. The van der Waals surface area contributed by atoms with E-state index < -0.39 is 36.2 Å². The number of urea groups is 1. The third kappa shape index (κ3) is 5.54. The number of halogens is 3. The topological polar surface area (TPSA) is 105 Å². The Hall–Kier alpha value is -4.21. The van der Waals surface area contributed by atoms with Crippen molar-refractivity contribution in [2.45, 2.75) is 0 Å². The average Bonchev–Trinajstić information content (AvgIpc) is 2.82. The lowest BCUT2D eigenvalue weighted by Crippen LogP contribution is -2.54. The molecule has 0 atom stereocenters. The Morgan fingerprint density at radius 3 is 2.53 bits per heavy atom. The van der Waals surface area contributed by atoms with Gasteiger partial charge in [-0.1, -0.05) is 47.5 Å². The Morgan fingerprint density at radius 2 is 1.81 bits per heavy atom. The van der Waals surface area contributed by atoms with Crippen molar-refractivity contribution in [1.29, 1.82) is 0 Å². The SMILES string of the molecule is O=C(COc1ccc(/C=C2\C(=O)NC(=O)N(c3cccc(Cl)c3)C2=O)cc1Cl)Nc1ccccc1F. The smallest absolute Gasteiger partial charge is 0.335 e. The van der Waals surface area contributed by atoms with Crippen LogP contribution in [0, 0.1) is 5.82 Å². The van der Waals surface area contributed by atoms with Crippen molar-refractivity contribution in [2.75, 3.05) is 16.8 Å². The van der Waals surface area contributed by atoms with E-state index in [-0.39, 0.29) is 27.7 Å². The zero-order chi connectivity index (χ0) is 25.8. The molecule has 1 saturated heterocycles. The highest BCUT2D eigenvalue weighted by molar-refractivity contribution is 6.39. The minimum Gasteiger partial charge on any atom is -0.482 e. The molecule has 0 unspecified atom stereocenters. The van der Waals surface area contributed by atoms with E-state index in [2.05, 4.69) is 10.6 Å². The van der Waals surface area contributed by atoms with Gasteiger partial charge in [0, 0.05) is 5.02 Å². The van der Waals surface area contributed by atoms with Crippen molar-refractivity contribution in [3.63, 3.8) is 0 Å². The van der Waals surface area contributed by atoms with Crippen LogP contribution in [0.2, 0.25) is 10.0 Å². The maximum Gasteiger partial charge on any atom is 0.335 e. The highest BCUT2D eigenvalue weighted by Gasteiger charge is 2.36. The van der Waals surface area contributed by atoms with Gasteiger partial charge in [-0.3, -0.25) is 19.7 Å². The van der Waals surface area contributed by atoms with Crippen LogP contribution >= 0.6 is 23.2 Å². The Balaban J connectivity index is 1.48. The first kappa shape index (κ1) is 24.9. The van der Waals surface area contributed by atoms with Crippen molar-refractivity contribution < 1.29 is 28.3 Å². The lowest BCUT2D eigenvalue weighted by Gasteiger charge is -2.26. The summed E-state index contributed by atoms with van der Waals surface area (Å²) in [7, 11) is 0. The van der Waals surface area contributed by atoms with Crippen molar-refractivity contribution in [2.24, 2.45) is 0 Å². The zero-order valence-electron chi connectivity index (χ0n) is 18.3. The predicted octanol–water partition coefficient (Wildman–Crippen LogP) is 4.82. The molecule has 8 nitrogen and oxygen atoms in total. The lowest BCUT2D eigenvalue weighted by atomic mass is 10.1. The van der Waals surface area contributed by atoms with Crippen LogP contribution in [0.1, 0.15) is 5.56 Å². The standard InChI is InChI=1S/C25H16Cl2FN3O5/c26-15-4-3-5-16(12-15)31-24(34)17(23(33)30-25(31)35)10-14-8-9-21(18(27)11-14)36-13-22(32)29-20-7-2-1-6-19(20)28/h1-12H,13H2,(H,29,32)(H,30,33,35)/b17-10+. The molecule has 0 bridgehead atoms. The van der Waals surface area contributed by atoms with Crippen molar-refractivity contribution in [1.82, 2.24) is 5.32 Å². The predicted molar refractivity (Wildman–Crippen MR) is 132 cm³/mol. The maximum absolute atomic E-state index is 13.7. The quantitative estimate of drug-likeness (QED) is 0.353. The molecule has 5 amide bonds. The number of imide groups is 2. The van der Waals surface area contributed by atoms with Crippen LogP contribution in [0.5, 0.6) is 5.75 Å². The summed E-state index contributed by atoms with van der Waals surface area (Å²) in [5.74, 6) is -2.75. The van der Waals surface area contributed by atoms with Gasteiger partial charge in [0.2, 0.25) is 0 Å². The van der Waals surface area contributed by atoms with E-state index in [0.29, 0.717) is 10.6 Å². The number of carbonyl (C=O) groups excluding carboxylic acids is 4. The fraction of sp³-hybridized carbons (Fsp3) is 0.0400. The molecule has 1 heterocycles. The van der Waals surface area contributed by atoms with Gasteiger partial charge in [-0.15, -0.1) is 0 Å². The minimum atomic E-state index is -0.903. The van der Waals surface area contributed by atoms with Crippen LogP contribution in [-0.4, -0.2) is 30.4 Å². The lowest BCUT2D eigenvalue weighted by molar-refractivity contribution is -0.122. The molecule has 1 aliphatic rings. The van der Waals surface area contributed by atoms with Crippen LogP contribution in [0.25, 0.3) is 6.08 Å². The summed E-state index contributed by atoms with van der Waals surface area (Å²) in [6, 6.07) is 15.2. The summed E-state index contributed by atoms with van der Waals surface area (Å²) in [6.45, 7) is -0.438. The number of carbonyl (C=O) groups is 4. The van der Waals surface area contributed by atoms with Crippen LogP contribution in [0.15, 0.2) is 72.3 Å². The number of benzene rings is 3. The second-order valence-electron chi connectivity index (χ2n) is 7.44. The molecule has 1 aliphatic heterocycles. The molecular formula is C25H16Cl2FN3O5. The highest BCUT2D eigenvalue weighted by Crippen LogP contribution is 2.28. The molecular weight excluding hydrogens is 512 g/mol. The summed E-state index contributed by atoms with van der Waals surface area (Å²) in [5.41, 5.74) is 0.268. The number of ether oxygens (including phenoxy) is 1. The Labute approximate surface area is 214 Å². The number of nitrogens with one attached hydrogen (secondary N) is 2. The summed E-state index contributed by atoms with van der Waals surface area (Å²) in [4.78, 5) is 50.5. The van der Waals surface area contributed by atoms with Gasteiger partial charge < -0.3 is 10.1 Å². The third-order valence-corrected chi connectivity index (χ3v) is 5.47. The van der Waals surface area contributed by atoms with E-state index in [9.17, 15) is 23.6 Å². The van der Waals surface area contributed by atoms with E-state index >= 15 is 0 Å². The minimum absolute atomic E-state index is 0.0138. The zero-order valence-corrected chi connectivity index (χ0v) is 19.8. The number of hydrogen-bond donors (Lipinski definition) is 2. The van der Waals surface area contributed by atoms with E-state index in [1.165, 1.54) is 54.6 Å². The van der Waals surface area contributed by atoms with Crippen LogP contribution in [-0.2, 0) is 14.4 Å². The first-order chi connectivity index (χ1) is 17.2. The Bertz CT molecular complexity index is 1430. The van der Waals surface area contributed by atoms with Gasteiger partial charge >= 0.3 is 6.03 Å². The second-order valence-corrected chi connectivity index (χ2v) is 8.29. The molecule has 0 radical (unpaired) electrons. The first-order valence-corrected chi connectivity index (χ1v) is 11.1. The number of hydrogen-bond acceptors (Lipinski definition) is 5. The summed E-state index contributed by atoms with van der Waals surface area (Å²) >= 11 is 12.2. The Kier molecular flexibility index (Phi) is 7.33. The van der Waals surface area contributed by atoms with E-state index in [4.69, 9.17) is 27.9 Å². The van der Waals surface area contributed by atoms with E-state index in [1.54, 1.807) is 18.2 Å². The van der Waals surface area contributed by atoms with Gasteiger partial charge in [0.15, 0.2) is 6.61 Å². The summed E-state index contributed by atoms with van der Waals surface area (Å²) in [5, 5.41) is 4.90. The average molecular weight is 528 g/mol. The number of rotatable bonds is 6. The molecule has 0 aliphatic carbocycles. The number of para-hydroxylation sites is 1. The van der Waals surface area contributed by atoms with Gasteiger partial charge in [-0.25, -0.2) is 14.1 Å². The van der Waals surface area contributed by atoms with Crippen LogP contribution in [0.3, 0.4) is 0 Å². The van der Waals surface area contributed by atoms with Crippen molar-refractivity contribution in [3.8, 4) is 5.75 Å². The van der Waals surface area contributed by atoms with Gasteiger partial charge in [-0.05, 0) is 54.1 Å². The van der Waals surface area contributed by atoms with Gasteiger partial charge in [0.05, 0.1) is 16.4 Å². The second kappa shape index (κ2) is 10.6. The highest BCUT2D eigenvalue weighted by atomic mass is 35.5. The van der Waals surface area contributed by atoms with E-state index in [0.717, 1.165) is 4.90 Å². The molecule has 0 saturated carbocycles. The number of nitrogens with zero attached hydrogens (tertiary/aromatic N) is 1. The molecule has 11 heteroatoms. The molecule has 0 aromatic heterocycles. The van der Waals surface area contributed by atoms with Crippen molar-refractivity contribution in [3.05, 3.63) is 93.7 Å². The fourth-order valence-corrected chi connectivity index (χ4v) is 3.72. The molecule has 3 aromatic carbocycles. The molecule has 3 aromatic rings. The molecule has 36 heavy (non-hydrogen) atoms. The fourth-order valence-electron chi connectivity index (χ4n) is 3.29. The van der Waals surface area contributed by atoms with Crippen LogP contribution in [0.4, 0.5) is 20.6 Å². The van der Waals surface area contributed by atoms with Gasteiger partial charge in [0.25, 0.3) is 17.7 Å². The monoisotopic (exact) mass is 527 g/mol. The molecule has 1 fully saturated rings. The number of amides is 5. The maximum atomic E-state index is 13.7. The first-order valence-electron chi connectivity index (χ1n) is 10.4. The normalized spacial score (nSPS) is 14.6. The number of barbiturate groups is 1. The van der Waals surface area contributed by atoms with Crippen molar-refractivity contribution >= 4 is 64.4 Å². The van der Waals surface area contributed by atoms with Gasteiger partial charge in [0.1, 0.15) is 17.1 Å². The third-order valence-electron chi connectivity index (χ3n) is 4.94. The molecule has 182 valence electrons. The summed E-state index contributed by atoms with van der Waals surface area (Å²) in [6.07, 6.45) is 1.27. The molecule has 0 spiro atoms. The summed E-state index contributed by atoms with van der Waals surface area (Å²) < 4.78 is 19.1. The Morgan fingerprint density at radius 1 is 1.03 bits per heavy atom. The molecule has 4 rings (SSSR count). The van der Waals surface area contributed by atoms with Gasteiger partial charge in [-0.2, -0.15) is 0 Å². The largest absolute Gasteiger partial charge is 0.482 e.